The van der Waals surface area contributed by atoms with Crippen LogP contribution in [0.5, 0.6) is 0 Å². The first kappa shape index (κ1) is 14.6. The Labute approximate surface area is 121 Å². The van der Waals surface area contributed by atoms with Crippen molar-refractivity contribution in [2.75, 3.05) is 0 Å². The molecule has 6 nitrogen and oxygen atoms in total. The number of aryl methyl sites for hydroxylation is 2. The number of hydrogen-bond acceptors (Lipinski definition) is 4. The lowest BCUT2D eigenvalue weighted by atomic mass is 10.1. The fourth-order valence-corrected chi connectivity index (χ4v) is 1.97. The van der Waals surface area contributed by atoms with Gasteiger partial charge in [-0.15, -0.1) is 0 Å². The van der Waals surface area contributed by atoms with Gasteiger partial charge in [-0.2, -0.15) is 0 Å². The third-order valence-electron chi connectivity index (χ3n) is 2.85. The highest BCUT2D eigenvalue weighted by molar-refractivity contribution is 5.95. The molecule has 0 fully saturated rings. The summed E-state index contributed by atoms with van der Waals surface area (Å²) in [7, 11) is 0. The van der Waals surface area contributed by atoms with Crippen molar-refractivity contribution >= 4 is 11.9 Å². The second-order valence-corrected chi connectivity index (χ2v) is 4.60. The number of rotatable bonds is 4. The van der Waals surface area contributed by atoms with Gasteiger partial charge >= 0.3 is 5.97 Å². The van der Waals surface area contributed by atoms with Crippen LogP contribution < -0.4 is 5.32 Å². The van der Waals surface area contributed by atoms with Crippen LogP contribution in [0.4, 0.5) is 0 Å². The van der Waals surface area contributed by atoms with Gasteiger partial charge in [0.1, 0.15) is 11.5 Å². The summed E-state index contributed by atoms with van der Waals surface area (Å²) in [6, 6.07) is 8.92. The Kier molecular flexibility index (Phi) is 4.27. The molecule has 1 aromatic heterocycles. The summed E-state index contributed by atoms with van der Waals surface area (Å²) in [5.41, 5.74) is 1.31. The molecular formula is C15H15N3O3. The molecular weight excluding hydrogens is 270 g/mol. The first-order valence-electron chi connectivity index (χ1n) is 6.38. The van der Waals surface area contributed by atoms with Gasteiger partial charge in [-0.25, -0.2) is 14.8 Å². The van der Waals surface area contributed by atoms with Crippen molar-refractivity contribution in [3.63, 3.8) is 0 Å². The molecule has 2 rings (SSSR count). The summed E-state index contributed by atoms with van der Waals surface area (Å²) in [5.74, 6) is -1.20. The van der Waals surface area contributed by atoms with E-state index in [-0.39, 0.29) is 5.69 Å². The molecule has 0 radical (unpaired) electrons. The molecule has 2 N–H and O–H groups in total. The van der Waals surface area contributed by atoms with Crippen molar-refractivity contribution < 1.29 is 14.7 Å². The number of carboxylic acid groups (broad SMARTS) is 1. The van der Waals surface area contributed by atoms with Crippen LogP contribution in [-0.2, 0) is 4.79 Å². The summed E-state index contributed by atoms with van der Waals surface area (Å²) >= 11 is 0. The van der Waals surface area contributed by atoms with Crippen LogP contribution in [0.2, 0.25) is 0 Å². The molecule has 1 aromatic carbocycles. The molecule has 0 aliphatic carbocycles. The Morgan fingerprint density at radius 1 is 1.14 bits per heavy atom. The molecule has 0 aliphatic heterocycles. The monoisotopic (exact) mass is 285 g/mol. The van der Waals surface area contributed by atoms with E-state index in [1.807, 2.05) is 0 Å². The van der Waals surface area contributed by atoms with Crippen molar-refractivity contribution in [1.29, 1.82) is 0 Å². The van der Waals surface area contributed by atoms with E-state index >= 15 is 0 Å². The number of carbonyl (C=O) groups excluding carboxylic acids is 1. The Hall–Kier alpha value is -2.76. The maximum Gasteiger partial charge on any atom is 0.330 e. The highest BCUT2D eigenvalue weighted by atomic mass is 16.4. The molecule has 1 amide bonds. The van der Waals surface area contributed by atoms with Gasteiger partial charge in [0.05, 0.1) is 0 Å². The highest BCUT2D eigenvalue weighted by Crippen LogP contribution is 2.13. The molecule has 0 saturated carbocycles. The predicted molar refractivity (Wildman–Crippen MR) is 75.8 cm³/mol. The average Bonchev–Trinajstić information content (AvgIpc) is 2.44. The second-order valence-electron chi connectivity index (χ2n) is 4.60. The molecule has 0 bridgehead atoms. The van der Waals surface area contributed by atoms with Crippen LogP contribution >= 0.6 is 0 Å². The summed E-state index contributed by atoms with van der Waals surface area (Å²) in [5, 5.41) is 11.8. The van der Waals surface area contributed by atoms with E-state index in [0.717, 1.165) is 0 Å². The Bertz CT molecular complexity index is 651. The van der Waals surface area contributed by atoms with Gasteiger partial charge in [0.25, 0.3) is 5.91 Å². The molecule has 108 valence electrons. The first-order valence-corrected chi connectivity index (χ1v) is 6.38. The third-order valence-corrected chi connectivity index (χ3v) is 2.85. The van der Waals surface area contributed by atoms with Gasteiger partial charge in [0, 0.05) is 5.69 Å². The van der Waals surface area contributed by atoms with Gasteiger partial charge in [0.15, 0.2) is 6.04 Å². The Morgan fingerprint density at radius 2 is 1.81 bits per heavy atom. The minimum Gasteiger partial charge on any atom is -0.479 e. The zero-order valence-electron chi connectivity index (χ0n) is 11.7. The summed E-state index contributed by atoms with van der Waals surface area (Å²) in [4.78, 5) is 31.6. The number of aromatic nitrogens is 2. The summed E-state index contributed by atoms with van der Waals surface area (Å²) in [6.45, 7) is 3.42. The normalized spacial score (nSPS) is 11.7. The standard InChI is InChI=1S/C15H15N3O3/c1-9-8-12(17-10(2)16-9)14(19)18-13(15(20)21)11-6-4-3-5-7-11/h3-8,13H,1-2H3,(H,18,19)(H,20,21)/t13-/m0/s1. The van der Waals surface area contributed by atoms with E-state index in [1.165, 1.54) is 6.07 Å². The number of benzene rings is 1. The number of hydrogen-bond donors (Lipinski definition) is 2. The minimum absolute atomic E-state index is 0.155. The zero-order chi connectivity index (χ0) is 15.4. The van der Waals surface area contributed by atoms with E-state index in [4.69, 9.17) is 0 Å². The van der Waals surface area contributed by atoms with Crippen LogP contribution in [0.3, 0.4) is 0 Å². The molecule has 1 atom stereocenters. The van der Waals surface area contributed by atoms with Crippen molar-refractivity contribution in [3.05, 3.63) is 59.2 Å². The fraction of sp³-hybridized carbons (Fsp3) is 0.200. The van der Waals surface area contributed by atoms with E-state index in [1.54, 1.807) is 44.2 Å². The maximum atomic E-state index is 12.2. The van der Waals surface area contributed by atoms with Crippen molar-refractivity contribution in [1.82, 2.24) is 15.3 Å². The third kappa shape index (κ3) is 3.62. The number of nitrogens with zero attached hydrogens (tertiary/aromatic N) is 2. The van der Waals surface area contributed by atoms with Gasteiger partial charge < -0.3 is 10.4 Å². The molecule has 0 unspecified atom stereocenters. The lowest BCUT2D eigenvalue weighted by molar-refractivity contribution is -0.139. The summed E-state index contributed by atoms with van der Waals surface area (Å²) in [6.07, 6.45) is 0. The minimum atomic E-state index is -1.13. The molecule has 6 heteroatoms. The maximum absolute atomic E-state index is 12.2. The number of aliphatic carboxylic acids is 1. The van der Waals surface area contributed by atoms with Crippen molar-refractivity contribution in [2.45, 2.75) is 19.9 Å². The molecule has 0 aliphatic rings. The SMILES string of the molecule is Cc1cc(C(=O)N[C@H](C(=O)O)c2ccccc2)nc(C)n1. The topological polar surface area (TPSA) is 92.2 Å². The van der Waals surface area contributed by atoms with Gasteiger partial charge in [-0.3, -0.25) is 4.79 Å². The molecule has 2 aromatic rings. The first-order chi connectivity index (χ1) is 9.97. The number of amides is 1. The Balaban J connectivity index is 2.25. The van der Waals surface area contributed by atoms with E-state index in [9.17, 15) is 14.7 Å². The predicted octanol–water partition coefficient (Wildman–Crippen LogP) is 1.65. The van der Waals surface area contributed by atoms with Crippen molar-refractivity contribution in [2.24, 2.45) is 0 Å². The quantitative estimate of drug-likeness (QED) is 0.891. The average molecular weight is 285 g/mol. The lowest BCUT2D eigenvalue weighted by Crippen LogP contribution is -2.34. The Morgan fingerprint density at radius 3 is 2.38 bits per heavy atom. The van der Waals surface area contributed by atoms with Gasteiger partial charge in [0.2, 0.25) is 0 Å². The zero-order valence-corrected chi connectivity index (χ0v) is 11.7. The smallest absolute Gasteiger partial charge is 0.330 e. The molecule has 0 saturated heterocycles. The highest BCUT2D eigenvalue weighted by Gasteiger charge is 2.23. The fourth-order valence-electron chi connectivity index (χ4n) is 1.97. The van der Waals surface area contributed by atoms with E-state index in [0.29, 0.717) is 17.1 Å². The number of carbonyl (C=O) groups is 2. The van der Waals surface area contributed by atoms with Crippen LogP contribution in [0.1, 0.15) is 33.6 Å². The van der Waals surface area contributed by atoms with Gasteiger partial charge in [-0.1, -0.05) is 30.3 Å². The van der Waals surface area contributed by atoms with Crippen LogP contribution in [0, 0.1) is 13.8 Å². The molecule has 1 heterocycles. The number of nitrogens with one attached hydrogen (secondary N) is 1. The van der Waals surface area contributed by atoms with Crippen LogP contribution in [0.15, 0.2) is 36.4 Å². The van der Waals surface area contributed by atoms with E-state index < -0.39 is 17.9 Å². The number of carboxylic acids is 1. The lowest BCUT2D eigenvalue weighted by Gasteiger charge is -2.14. The second kappa shape index (κ2) is 6.13. The molecule has 21 heavy (non-hydrogen) atoms. The summed E-state index contributed by atoms with van der Waals surface area (Å²) < 4.78 is 0. The van der Waals surface area contributed by atoms with Gasteiger partial charge in [-0.05, 0) is 25.5 Å². The molecule has 0 spiro atoms. The van der Waals surface area contributed by atoms with Crippen LogP contribution in [-0.4, -0.2) is 27.0 Å². The van der Waals surface area contributed by atoms with Crippen molar-refractivity contribution in [3.8, 4) is 0 Å². The van der Waals surface area contributed by atoms with E-state index in [2.05, 4.69) is 15.3 Å². The largest absolute Gasteiger partial charge is 0.479 e. The van der Waals surface area contributed by atoms with Crippen LogP contribution in [0.25, 0.3) is 0 Å².